The monoisotopic (exact) mass is 243 g/mol. The summed E-state index contributed by atoms with van der Waals surface area (Å²) in [5.41, 5.74) is 0. The number of amides is 1. The van der Waals surface area contributed by atoms with Gasteiger partial charge in [0.15, 0.2) is 0 Å². The Labute approximate surface area is 87.8 Å². The number of carbonyl (C=O) groups excluding carboxylic acids is 1. The van der Waals surface area contributed by atoms with Gasteiger partial charge in [-0.15, -0.1) is 12.3 Å². The maximum atomic E-state index is 11.4. The lowest BCUT2D eigenvalue weighted by Crippen LogP contribution is -2.38. The molecule has 1 aliphatic heterocycles. The Morgan fingerprint density at radius 1 is 1.54 bits per heavy atom. The van der Waals surface area contributed by atoms with E-state index in [-0.39, 0.29) is 5.91 Å². The normalized spacial score (nSPS) is 18.3. The zero-order valence-corrected chi connectivity index (χ0v) is 9.22. The highest BCUT2D eigenvalue weighted by Gasteiger charge is 2.20. The van der Waals surface area contributed by atoms with Crippen LogP contribution in [0.2, 0.25) is 0 Å². The third-order valence-corrected chi connectivity index (χ3v) is 2.79. The Hall–Kier alpha value is -0.490. The van der Waals surface area contributed by atoms with Crippen LogP contribution in [0.4, 0.5) is 0 Å². The molecule has 13 heavy (non-hydrogen) atoms. The molecule has 0 aliphatic carbocycles. The van der Waals surface area contributed by atoms with Gasteiger partial charge < -0.3 is 4.90 Å². The van der Waals surface area contributed by atoms with Crippen LogP contribution < -0.4 is 0 Å². The molecule has 0 aromatic carbocycles. The third kappa shape index (κ3) is 3.04. The first-order valence-corrected chi connectivity index (χ1v) is 5.70. The van der Waals surface area contributed by atoms with Crippen molar-refractivity contribution in [2.75, 3.05) is 18.4 Å². The van der Waals surface area contributed by atoms with Crippen LogP contribution in [0.25, 0.3) is 0 Å². The summed E-state index contributed by atoms with van der Waals surface area (Å²) in [6.45, 7) is 1.67. The summed E-state index contributed by atoms with van der Waals surface area (Å²) < 4.78 is 0. The van der Waals surface area contributed by atoms with Crippen LogP contribution in [0.15, 0.2) is 0 Å². The van der Waals surface area contributed by atoms with E-state index in [0.717, 1.165) is 31.3 Å². The van der Waals surface area contributed by atoms with Gasteiger partial charge in [0, 0.05) is 30.8 Å². The quantitative estimate of drug-likeness (QED) is 0.534. The smallest absolute Gasteiger partial charge is 0.223 e. The maximum absolute atomic E-state index is 11.4. The molecule has 0 aromatic heterocycles. The lowest BCUT2D eigenvalue weighted by Gasteiger charge is -2.29. The minimum absolute atomic E-state index is 0.243. The van der Waals surface area contributed by atoms with Crippen LogP contribution >= 0.6 is 15.9 Å². The topological polar surface area (TPSA) is 20.3 Å². The predicted octanol–water partition coefficient (Wildman–Crippen LogP) is 1.64. The minimum Gasteiger partial charge on any atom is -0.343 e. The van der Waals surface area contributed by atoms with E-state index in [4.69, 9.17) is 6.42 Å². The standard InChI is InChI=1S/C10H14BrNO/c1-2-9-4-7-12(8-5-9)10(13)3-6-11/h1,9H,3-8H2. The van der Waals surface area contributed by atoms with Gasteiger partial charge in [0.1, 0.15) is 0 Å². The van der Waals surface area contributed by atoms with Gasteiger partial charge in [0.05, 0.1) is 0 Å². The van der Waals surface area contributed by atoms with Crippen LogP contribution in [-0.4, -0.2) is 29.2 Å². The van der Waals surface area contributed by atoms with Gasteiger partial charge in [-0.3, -0.25) is 4.79 Å². The SMILES string of the molecule is C#CC1CCN(C(=O)CCBr)CC1. The van der Waals surface area contributed by atoms with Crippen molar-refractivity contribution >= 4 is 21.8 Å². The van der Waals surface area contributed by atoms with Crippen LogP contribution in [0.1, 0.15) is 19.3 Å². The number of rotatable bonds is 2. The molecular weight excluding hydrogens is 230 g/mol. The number of halogens is 1. The molecule has 3 heteroatoms. The number of likely N-dealkylation sites (tertiary alicyclic amines) is 1. The average molecular weight is 244 g/mol. The summed E-state index contributed by atoms with van der Waals surface area (Å²) >= 11 is 3.26. The first-order chi connectivity index (χ1) is 6.27. The lowest BCUT2D eigenvalue weighted by molar-refractivity contribution is -0.131. The number of nitrogens with zero attached hydrogens (tertiary/aromatic N) is 1. The zero-order chi connectivity index (χ0) is 9.68. The van der Waals surface area contributed by atoms with Crippen molar-refractivity contribution in [1.82, 2.24) is 4.90 Å². The zero-order valence-electron chi connectivity index (χ0n) is 7.63. The number of hydrogen-bond acceptors (Lipinski definition) is 1. The lowest BCUT2D eigenvalue weighted by atomic mass is 9.98. The van der Waals surface area contributed by atoms with Crippen LogP contribution in [0.5, 0.6) is 0 Å². The second-order valence-corrected chi connectivity index (χ2v) is 4.05. The molecule has 0 aromatic rings. The first kappa shape index (κ1) is 10.6. The van der Waals surface area contributed by atoms with Crippen molar-refractivity contribution in [2.24, 2.45) is 5.92 Å². The molecule has 2 nitrogen and oxygen atoms in total. The molecule has 0 radical (unpaired) electrons. The molecular formula is C10H14BrNO. The molecule has 1 heterocycles. The second kappa shape index (κ2) is 5.29. The molecule has 1 amide bonds. The maximum Gasteiger partial charge on any atom is 0.223 e. The molecule has 0 spiro atoms. The van der Waals surface area contributed by atoms with Crippen molar-refractivity contribution < 1.29 is 4.79 Å². The molecule has 0 bridgehead atoms. The van der Waals surface area contributed by atoms with E-state index in [0.29, 0.717) is 12.3 Å². The highest BCUT2D eigenvalue weighted by Crippen LogP contribution is 2.16. The largest absolute Gasteiger partial charge is 0.343 e. The van der Waals surface area contributed by atoms with Crippen molar-refractivity contribution in [1.29, 1.82) is 0 Å². The van der Waals surface area contributed by atoms with Gasteiger partial charge in [0.2, 0.25) is 5.91 Å². The Morgan fingerprint density at radius 3 is 2.62 bits per heavy atom. The Balaban J connectivity index is 2.33. The van der Waals surface area contributed by atoms with Gasteiger partial charge in [0.25, 0.3) is 0 Å². The first-order valence-electron chi connectivity index (χ1n) is 4.57. The summed E-state index contributed by atoms with van der Waals surface area (Å²) in [7, 11) is 0. The van der Waals surface area contributed by atoms with Gasteiger partial charge in [-0.2, -0.15) is 0 Å². The number of alkyl halides is 1. The Kier molecular flexibility index (Phi) is 4.31. The number of carbonyl (C=O) groups is 1. The molecule has 1 saturated heterocycles. The summed E-state index contributed by atoms with van der Waals surface area (Å²) in [6, 6.07) is 0. The molecule has 72 valence electrons. The highest BCUT2D eigenvalue weighted by molar-refractivity contribution is 9.09. The van der Waals surface area contributed by atoms with E-state index in [2.05, 4.69) is 21.9 Å². The van der Waals surface area contributed by atoms with E-state index in [1.165, 1.54) is 0 Å². The van der Waals surface area contributed by atoms with Gasteiger partial charge in [-0.05, 0) is 12.8 Å². The fourth-order valence-electron chi connectivity index (χ4n) is 1.53. The summed E-state index contributed by atoms with van der Waals surface area (Å²) in [5, 5.41) is 0.751. The van der Waals surface area contributed by atoms with E-state index in [1.54, 1.807) is 0 Å². The Bertz CT molecular complexity index is 213. The molecule has 1 fully saturated rings. The van der Waals surface area contributed by atoms with E-state index in [1.807, 2.05) is 4.90 Å². The number of piperidine rings is 1. The molecule has 1 aliphatic rings. The fraction of sp³-hybridized carbons (Fsp3) is 0.700. The summed E-state index contributed by atoms with van der Waals surface area (Å²) in [4.78, 5) is 13.3. The van der Waals surface area contributed by atoms with Gasteiger partial charge >= 0.3 is 0 Å². The molecule has 0 N–H and O–H groups in total. The van der Waals surface area contributed by atoms with Crippen molar-refractivity contribution in [3.63, 3.8) is 0 Å². The number of terminal acetylenes is 1. The van der Waals surface area contributed by atoms with E-state index >= 15 is 0 Å². The highest BCUT2D eigenvalue weighted by atomic mass is 79.9. The van der Waals surface area contributed by atoms with Crippen LogP contribution in [0, 0.1) is 18.3 Å². The fourth-order valence-corrected chi connectivity index (χ4v) is 1.87. The van der Waals surface area contributed by atoms with E-state index < -0.39 is 0 Å². The third-order valence-electron chi connectivity index (χ3n) is 2.39. The second-order valence-electron chi connectivity index (χ2n) is 3.26. The predicted molar refractivity (Wildman–Crippen MR) is 56.5 cm³/mol. The van der Waals surface area contributed by atoms with Crippen LogP contribution in [0.3, 0.4) is 0 Å². The molecule has 0 saturated carbocycles. The molecule has 0 atom stereocenters. The Morgan fingerprint density at radius 2 is 2.15 bits per heavy atom. The van der Waals surface area contributed by atoms with Crippen LogP contribution in [-0.2, 0) is 4.79 Å². The van der Waals surface area contributed by atoms with Gasteiger partial charge in [-0.25, -0.2) is 0 Å². The number of hydrogen-bond donors (Lipinski definition) is 0. The van der Waals surface area contributed by atoms with Gasteiger partial charge in [-0.1, -0.05) is 15.9 Å². The summed E-state index contributed by atoms with van der Waals surface area (Å²) in [6.07, 6.45) is 7.85. The van der Waals surface area contributed by atoms with Crippen molar-refractivity contribution in [3.8, 4) is 12.3 Å². The van der Waals surface area contributed by atoms with Crippen molar-refractivity contribution in [2.45, 2.75) is 19.3 Å². The molecule has 1 rings (SSSR count). The average Bonchev–Trinajstić information content (AvgIpc) is 2.18. The molecule has 0 unspecified atom stereocenters. The minimum atomic E-state index is 0.243. The summed E-state index contributed by atoms with van der Waals surface area (Å²) in [5.74, 6) is 3.37. The van der Waals surface area contributed by atoms with E-state index in [9.17, 15) is 4.79 Å². The van der Waals surface area contributed by atoms with Crippen molar-refractivity contribution in [3.05, 3.63) is 0 Å².